The van der Waals surface area contributed by atoms with Gasteiger partial charge in [0, 0.05) is 30.6 Å². The molecule has 2 fully saturated rings. The Labute approximate surface area is 182 Å². The van der Waals surface area contributed by atoms with E-state index in [1.54, 1.807) is 16.2 Å². The number of nitrogens with zero attached hydrogens (tertiary/aromatic N) is 3. The summed E-state index contributed by atoms with van der Waals surface area (Å²) in [7, 11) is 0. The zero-order valence-corrected chi connectivity index (χ0v) is 18.6. The standard InChI is InChI=1S/C23H28N4O2S/c1-23(2,3)29-22(28)27-13-11-17(12-14-27)19-5-4-6-20(25-19)26-21-24-15-18(30-21)10-9-16-7-8-16/h4-6,15-17H,7-8,11-14H2,1-3H3,(H,24,25,26). The highest BCUT2D eigenvalue weighted by atomic mass is 32.1. The first-order valence-electron chi connectivity index (χ1n) is 10.5. The van der Waals surface area contributed by atoms with E-state index in [-0.39, 0.29) is 6.09 Å². The van der Waals surface area contributed by atoms with Gasteiger partial charge in [-0.15, -0.1) is 0 Å². The SMILES string of the molecule is CC(C)(C)OC(=O)N1CCC(c2cccc(Nc3ncc(C#CC4CC4)s3)n2)CC1. The number of pyridine rings is 1. The fourth-order valence-corrected chi connectivity index (χ4v) is 4.02. The van der Waals surface area contributed by atoms with E-state index in [0.717, 1.165) is 34.4 Å². The molecule has 6 nitrogen and oxygen atoms in total. The molecular formula is C23H28N4O2S. The fraction of sp³-hybridized carbons (Fsp3) is 0.522. The number of nitrogens with one attached hydrogen (secondary N) is 1. The van der Waals surface area contributed by atoms with Crippen LogP contribution in [0.3, 0.4) is 0 Å². The number of carbonyl (C=O) groups is 1. The predicted octanol–water partition coefficient (Wildman–Crippen LogP) is 5.16. The first kappa shape index (κ1) is 20.7. The third-order valence-corrected chi connectivity index (χ3v) is 5.88. The lowest BCUT2D eigenvalue weighted by atomic mass is 9.93. The van der Waals surface area contributed by atoms with Crippen LogP contribution in [-0.4, -0.2) is 39.7 Å². The van der Waals surface area contributed by atoms with Gasteiger partial charge in [-0.1, -0.05) is 29.2 Å². The van der Waals surface area contributed by atoms with Gasteiger partial charge in [0.1, 0.15) is 11.4 Å². The summed E-state index contributed by atoms with van der Waals surface area (Å²) in [6.07, 6.45) is 5.81. The highest BCUT2D eigenvalue weighted by molar-refractivity contribution is 7.16. The molecule has 1 aliphatic carbocycles. The second-order valence-electron chi connectivity index (χ2n) is 8.89. The molecular weight excluding hydrogens is 396 g/mol. The number of amides is 1. The maximum Gasteiger partial charge on any atom is 0.410 e. The van der Waals surface area contributed by atoms with Crippen LogP contribution in [0, 0.1) is 17.8 Å². The summed E-state index contributed by atoms with van der Waals surface area (Å²) in [5.74, 6) is 8.18. The molecule has 7 heteroatoms. The van der Waals surface area contributed by atoms with Crippen molar-refractivity contribution >= 4 is 28.4 Å². The van der Waals surface area contributed by atoms with E-state index in [0.29, 0.717) is 24.9 Å². The number of hydrogen-bond acceptors (Lipinski definition) is 6. The first-order valence-corrected chi connectivity index (χ1v) is 11.4. The largest absolute Gasteiger partial charge is 0.444 e. The van der Waals surface area contributed by atoms with E-state index >= 15 is 0 Å². The Bertz CT molecular complexity index is 957. The number of aromatic nitrogens is 2. The van der Waals surface area contributed by atoms with Gasteiger partial charge in [0.2, 0.25) is 0 Å². The maximum absolute atomic E-state index is 12.3. The van der Waals surface area contributed by atoms with Gasteiger partial charge in [-0.05, 0) is 58.6 Å². The predicted molar refractivity (Wildman–Crippen MR) is 119 cm³/mol. The number of hydrogen-bond donors (Lipinski definition) is 1. The molecule has 3 heterocycles. The maximum atomic E-state index is 12.3. The molecule has 4 rings (SSSR count). The monoisotopic (exact) mass is 424 g/mol. The molecule has 0 bridgehead atoms. The minimum Gasteiger partial charge on any atom is -0.444 e. The number of carbonyl (C=O) groups excluding carboxylic acids is 1. The zero-order valence-electron chi connectivity index (χ0n) is 17.8. The van der Waals surface area contributed by atoms with E-state index in [1.165, 1.54) is 12.8 Å². The number of piperidine rings is 1. The smallest absolute Gasteiger partial charge is 0.410 e. The number of anilines is 2. The topological polar surface area (TPSA) is 67.3 Å². The van der Waals surface area contributed by atoms with E-state index in [4.69, 9.17) is 9.72 Å². The molecule has 1 N–H and O–H groups in total. The summed E-state index contributed by atoms with van der Waals surface area (Å²) >= 11 is 1.55. The Hall–Kier alpha value is -2.59. The Balaban J connectivity index is 1.34. The minimum absolute atomic E-state index is 0.228. The number of thiazole rings is 1. The molecule has 0 atom stereocenters. The lowest BCUT2D eigenvalue weighted by molar-refractivity contribution is 0.0204. The van der Waals surface area contributed by atoms with Crippen LogP contribution < -0.4 is 5.32 Å². The summed E-state index contributed by atoms with van der Waals surface area (Å²) in [5, 5.41) is 4.11. The molecule has 0 aromatic carbocycles. The molecule has 1 amide bonds. The van der Waals surface area contributed by atoms with Crippen molar-refractivity contribution in [1.29, 1.82) is 0 Å². The van der Waals surface area contributed by atoms with Crippen LogP contribution in [0.25, 0.3) is 0 Å². The van der Waals surface area contributed by atoms with Crippen LogP contribution in [0.15, 0.2) is 24.4 Å². The second kappa shape index (κ2) is 8.65. The lowest BCUT2D eigenvalue weighted by Gasteiger charge is -2.33. The molecule has 30 heavy (non-hydrogen) atoms. The summed E-state index contributed by atoms with van der Waals surface area (Å²) < 4.78 is 5.49. The third kappa shape index (κ3) is 5.73. The van der Waals surface area contributed by atoms with E-state index in [9.17, 15) is 4.79 Å². The first-order chi connectivity index (χ1) is 14.4. The summed E-state index contributed by atoms with van der Waals surface area (Å²) in [5.41, 5.74) is 0.587. The van der Waals surface area contributed by atoms with Gasteiger partial charge in [-0.25, -0.2) is 14.8 Å². The zero-order chi connectivity index (χ0) is 21.1. The number of rotatable bonds is 3. The average Bonchev–Trinajstić information content (AvgIpc) is 3.44. The van der Waals surface area contributed by atoms with Crippen LogP contribution in [-0.2, 0) is 4.74 Å². The van der Waals surface area contributed by atoms with Gasteiger partial charge in [0.25, 0.3) is 0 Å². The second-order valence-corrected chi connectivity index (χ2v) is 9.92. The van der Waals surface area contributed by atoms with Crippen molar-refractivity contribution in [3.8, 4) is 11.8 Å². The quantitative estimate of drug-likeness (QED) is 0.690. The molecule has 0 unspecified atom stereocenters. The highest BCUT2D eigenvalue weighted by Crippen LogP contribution is 2.30. The van der Waals surface area contributed by atoms with Crippen molar-refractivity contribution in [2.45, 2.75) is 58.0 Å². The summed E-state index contributed by atoms with van der Waals surface area (Å²) in [6, 6.07) is 6.04. The van der Waals surface area contributed by atoms with Crippen LogP contribution in [0.2, 0.25) is 0 Å². The van der Waals surface area contributed by atoms with Gasteiger partial charge >= 0.3 is 6.09 Å². The Morgan fingerprint density at radius 2 is 2.00 bits per heavy atom. The molecule has 0 radical (unpaired) electrons. The van der Waals surface area contributed by atoms with Gasteiger partial charge in [-0.3, -0.25) is 0 Å². The molecule has 2 aromatic rings. The van der Waals surface area contributed by atoms with E-state index < -0.39 is 5.60 Å². The van der Waals surface area contributed by atoms with Crippen molar-refractivity contribution in [2.24, 2.45) is 5.92 Å². The fourth-order valence-electron chi connectivity index (χ4n) is 3.33. The van der Waals surface area contributed by atoms with Crippen molar-refractivity contribution in [3.63, 3.8) is 0 Å². The summed E-state index contributed by atoms with van der Waals surface area (Å²) in [6.45, 7) is 7.06. The van der Waals surface area contributed by atoms with Crippen LogP contribution in [0.5, 0.6) is 0 Å². The van der Waals surface area contributed by atoms with Gasteiger partial charge in [-0.2, -0.15) is 0 Å². The van der Waals surface area contributed by atoms with Gasteiger partial charge < -0.3 is 15.0 Å². The van der Waals surface area contributed by atoms with Crippen molar-refractivity contribution in [1.82, 2.24) is 14.9 Å². The Morgan fingerprint density at radius 1 is 1.23 bits per heavy atom. The molecule has 0 spiro atoms. The van der Waals surface area contributed by atoms with E-state index in [1.807, 2.05) is 39.1 Å². The van der Waals surface area contributed by atoms with Crippen molar-refractivity contribution in [3.05, 3.63) is 35.0 Å². The Kier molecular flexibility index (Phi) is 5.96. The average molecular weight is 425 g/mol. The van der Waals surface area contributed by atoms with Crippen LogP contribution in [0.1, 0.15) is 62.9 Å². The van der Waals surface area contributed by atoms with Gasteiger partial charge in [0.15, 0.2) is 5.13 Å². The number of ether oxygens (including phenoxy) is 1. The molecule has 1 saturated heterocycles. The normalized spacial score (nSPS) is 17.2. The lowest BCUT2D eigenvalue weighted by Crippen LogP contribution is -2.41. The molecule has 2 aromatic heterocycles. The minimum atomic E-state index is -0.464. The van der Waals surface area contributed by atoms with Crippen LogP contribution in [0.4, 0.5) is 15.7 Å². The van der Waals surface area contributed by atoms with Gasteiger partial charge in [0.05, 0.1) is 11.1 Å². The van der Waals surface area contributed by atoms with Crippen molar-refractivity contribution < 1.29 is 9.53 Å². The molecule has 158 valence electrons. The summed E-state index contributed by atoms with van der Waals surface area (Å²) in [4.78, 5) is 24.3. The van der Waals surface area contributed by atoms with E-state index in [2.05, 4.69) is 28.2 Å². The number of likely N-dealkylation sites (tertiary alicyclic amines) is 1. The Morgan fingerprint density at radius 3 is 2.70 bits per heavy atom. The highest BCUT2D eigenvalue weighted by Gasteiger charge is 2.28. The molecule has 1 saturated carbocycles. The molecule has 2 aliphatic rings. The van der Waals surface area contributed by atoms with Crippen LogP contribution >= 0.6 is 11.3 Å². The molecule has 1 aliphatic heterocycles. The van der Waals surface area contributed by atoms with Crippen molar-refractivity contribution in [2.75, 3.05) is 18.4 Å². The third-order valence-electron chi connectivity index (χ3n) is 5.05.